The first kappa shape index (κ1) is 11.9. The summed E-state index contributed by atoms with van der Waals surface area (Å²) in [5, 5.41) is 3.85. The summed E-state index contributed by atoms with van der Waals surface area (Å²) in [4.78, 5) is 14.6. The average Bonchev–Trinajstić information content (AvgIpc) is 2.92. The number of carbonyl (C=O) groups excluding carboxylic acids is 1. The lowest BCUT2D eigenvalue weighted by Gasteiger charge is -2.01. The molecule has 2 aromatic rings. The second-order valence-corrected chi connectivity index (χ2v) is 3.55. The maximum Gasteiger partial charge on any atom is 0.271 e. The van der Waals surface area contributed by atoms with Crippen molar-refractivity contribution in [2.24, 2.45) is 5.10 Å². The minimum atomic E-state index is -0.263. The molecule has 5 heteroatoms. The van der Waals surface area contributed by atoms with Crippen LogP contribution in [0.2, 0.25) is 0 Å². The van der Waals surface area contributed by atoms with E-state index in [0.29, 0.717) is 11.3 Å². The molecule has 1 amide bonds. The zero-order chi connectivity index (χ0) is 12.8. The van der Waals surface area contributed by atoms with Gasteiger partial charge in [0.25, 0.3) is 5.91 Å². The van der Waals surface area contributed by atoms with Crippen LogP contribution in [0.4, 0.5) is 0 Å². The summed E-state index contributed by atoms with van der Waals surface area (Å²) >= 11 is 0. The number of nitrogens with one attached hydrogen (secondary N) is 2. The monoisotopic (exact) mass is 243 g/mol. The molecule has 5 nitrogen and oxygen atoms in total. The van der Waals surface area contributed by atoms with Crippen LogP contribution in [0.25, 0.3) is 0 Å². The van der Waals surface area contributed by atoms with Crippen LogP contribution < -0.4 is 10.2 Å². The van der Waals surface area contributed by atoms with Crippen molar-refractivity contribution in [3.05, 3.63) is 53.9 Å². The molecule has 2 N–H and O–H groups in total. The number of methoxy groups -OCH3 is 1. The van der Waals surface area contributed by atoms with Gasteiger partial charge in [0, 0.05) is 11.8 Å². The molecule has 0 aliphatic heterocycles. The fourth-order valence-corrected chi connectivity index (χ4v) is 1.39. The first-order valence-corrected chi connectivity index (χ1v) is 5.40. The number of H-pyrrole nitrogens is 1. The molecule has 1 heterocycles. The predicted octanol–water partition coefficient (Wildman–Crippen LogP) is 1.79. The highest BCUT2D eigenvalue weighted by Crippen LogP contribution is 2.10. The SMILES string of the molecule is COc1ccc(C(=O)NN=Cc2ccc[nH]2)cc1. The normalized spacial score (nSPS) is 10.5. The molecule has 92 valence electrons. The minimum absolute atomic E-state index is 0.263. The number of aromatic amines is 1. The van der Waals surface area contributed by atoms with Crippen LogP contribution in [0.1, 0.15) is 16.1 Å². The lowest BCUT2D eigenvalue weighted by atomic mass is 10.2. The molecule has 0 radical (unpaired) electrons. The Morgan fingerprint density at radius 3 is 2.72 bits per heavy atom. The van der Waals surface area contributed by atoms with Crippen LogP contribution in [-0.4, -0.2) is 24.2 Å². The highest BCUT2D eigenvalue weighted by molar-refractivity contribution is 5.94. The number of hydrogen-bond acceptors (Lipinski definition) is 3. The molecular weight excluding hydrogens is 230 g/mol. The number of aromatic nitrogens is 1. The molecule has 0 atom stereocenters. The quantitative estimate of drug-likeness (QED) is 0.635. The number of hydrazone groups is 1. The van der Waals surface area contributed by atoms with E-state index >= 15 is 0 Å². The molecule has 0 aliphatic rings. The van der Waals surface area contributed by atoms with Gasteiger partial charge in [0.2, 0.25) is 0 Å². The van der Waals surface area contributed by atoms with Gasteiger partial charge in [-0.1, -0.05) is 0 Å². The van der Waals surface area contributed by atoms with Crippen LogP contribution >= 0.6 is 0 Å². The number of hydrogen-bond donors (Lipinski definition) is 2. The molecule has 2 rings (SSSR count). The average molecular weight is 243 g/mol. The molecule has 0 unspecified atom stereocenters. The Labute approximate surface area is 104 Å². The Kier molecular flexibility index (Phi) is 3.76. The third kappa shape index (κ3) is 2.98. The summed E-state index contributed by atoms with van der Waals surface area (Å²) in [5.74, 6) is 0.446. The Morgan fingerprint density at radius 2 is 2.11 bits per heavy atom. The van der Waals surface area contributed by atoms with Gasteiger partial charge in [0.15, 0.2) is 0 Å². The number of ether oxygens (including phenoxy) is 1. The van der Waals surface area contributed by atoms with Gasteiger partial charge in [-0.25, -0.2) is 5.43 Å². The maximum atomic E-state index is 11.7. The van der Waals surface area contributed by atoms with Crippen molar-refractivity contribution in [3.63, 3.8) is 0 Å². The van der Waals surface area contributed by atoms with E-state index < -0.39 is 0 Å². The van der Waals surface area contributed by atoms with E-state index in [0.717, 1.165) is 5.69 Å². The molecule has 0 saturated heterocycles. The number of nitrogens with zero attached hydrogens (tertiary/aromatic N) is 1. The van der Waals surface area contributed by atoms with Crippen molar-refractivity contribution in [1.82, 2.24) is 10.4 Å². The number of amides is 1. The second-order valence-electron chi connectivity index (χ2n) is 3.55. The Bertz CT molecular complexity index is 530. The number of benzene rings is 1. The fourth-order valence-electron chi connectivity index (χ4n) is 1.39. The van der Waals surface area contributed by atoms with Crippen molar-refractivity contribution in [2.45, 2.75) is 0 Å². The van der Waals surface area contributed by atoms with Crippen LogP contribution in [0.5, 0.6) is 5.75 Å². The van der Waals surface area contributed by atoms with E-state index in [1.807, 2.05) is 12.1 Å². The third-order valence-corrected chi connectivity index (χ3v) is 2.34. The van der Waals surface area contributed by atoms with Crippen molar-refractivity contribution < 1.29 is 9.53 Å². The second kappa shape index (κ2) is 5.67. The van der Waals surface area contributed by atoms with Gasteiger partial charge in [-0.05, 0) is 36.4 Å². The standard InChI is InChI=1S/C13H13N3O2/c1-18-12-6-4-10(5-7-12)13(17)16-15-9-11-3-2-8-14-11/h2-9,14H,1H3,(H,16,17). The largest absolute Gasteiger partial charge is 0.497 e. The van der Waals surface area contributed by atoms with Gasteiger partial charge in [0.1, 0.15) is 5.75 Å². The maximum absolute atomic E-state index is 11.7. The molecule has 0 fully saturated rings. The lowest BCUT2D eigenvalue weighted by molar-refractivity contribution is 0.0955. The van der Waals surface area contributed by atoms with Gasteiger partial charge < -0.3 is 9.72 Å². The van der Waals surface area contributed by atoms with E-state index in [9.17, 15) is 4.79 Å². The Morgan fingerprint density at radius 1 is 1.33 bits per heavy atom. The van der Waals surface area contributed by atoms with E-state index in [1.54, 1.807) is 43.8 Å². The molecule has 1 aromatic carbocycles. The van der Waals surface area contributed by atoms with Crippen LogP contribution in [-0.2, 0) is 0 Å². The van der Waals surface area contributed by atoms with E-state index in [4.69, 9.17) is 4.74 Å². The molecule has 0 spiro atoms. The van der Waals surface area contributed by atoms with E-state index in [-0.39, 0.29) is 5.91 Å². The van der Waals surface area contributed by atoms with Crippen LogP contribution in [0.15, 0.2) is 47.7 Å². The van der Waals surface area contributed by atoms with Crippen molar-refractivity contribution in [2.75, 3.05) is 7.11 Å². The van der Waals surface area contributed by atoms with Gasteiger partial charge in [-0.2, -0.15) is 5.10 Å². The minimum Gasteiger partial charge on any atom is -0.497 e. The summed E-state index contributed by atoms with van der Waals surface area (Å²) < 4.78 is 5.01. The highest BCUT2D eigenvalue weighted by atomic mass is 16.5. The molecule has 0 aliphatic carbocycles. The Balaban J connectivity index is 1.95. The van der Waals surface area contributed by atoms with E-state index in [2.05, 4.69) is 15.5 Å². The first-order valence-electron chi connectivity index (χ1n) is 5.40. The Hall–Kier alpha value is -2.56. The van der Waals surface area contributed by atoms with Crippen LogP contribution in [0.3, 0.4) is 0 Å². The summed E-state index contributed by atoms with van der Waals surface area (Å²) in [7, 11) is 1.58. The van der Waals surface area contributed by atoms with E-state index in [1.165, 1.54) is 0 Å². The summed E-state index contributed by atoms with van der Waals surface area (Å²) in [6.45, 7) is 0. The first-order chi connectivity index (χ1) is 8.79. The summed E-state index contributed by atoms with van der Waals surface area (Å²) in [5.41, 5.74) is 3.80. The predicted molar refractivity (Wildman–Crippen MR) is 68.8 cm³/mol. The van der Waals surface area contributed by atoms with Crippen molar-refractivity contribution >= 4 is 12.1 Å². The van der Waals surface area contributed by atoms with Gasteiger partial charge in [0.05, 0.1) is 19.0 Å². The zero-order valence-corrected chi connectivity index (χ0v) is 9.88. The van der Waals surface area contributed by atoms with Crippen molar-refractivity contribution in [3.8, 4) is 5.75 Å². The number of carbonyl (C=O) groups is 1. The van der Waals surface area contributed by atoms with Gasteiger partial charge in [-0.3, -0.25) is 4.79 Å². The highest BCUT2D eigenvalue weighted by Gasteiger charge is 2.03. The molecule has 1 aromatic heterocycles. The van der Waals surface area contributed by atoms with Crippen LogP contribution in [0, 0.1) is 0 Å². The lowest BCUT2D eigenvalue weighted by Crippen LogP contribution is -2.17. The molecular formula is C13H13N3O2. The molecule has 18 heavy (non-hydrogen) atoms. The summed E-state index contributed by atoms with van der Waals surface area (Å²) in [6, 6.07) is 10.5. The fraction of sp³-hybridized carbons (Fsp3) is 0.0769. The topological polar surface area (TPSA) is 66.5 Å². The zero-order valence-electron chi connectivity index (χ0n) is 9.88. The smallest absolute Gasteiger partial charge is 0.271 e. The third-order valence-electron chi connectivity index (χ3n) is 2.34. The number of rotatable bonds is 4. The summed E-state index contributed by atoms with van der Waals surface area (Å²) in [6.07, 6.45) is 3.33. The van der Waals surface area contributed by atoms with Gasteiger partial charge >= 0.3 is 0 Å². The molecule has 0 saturated carbocycles. The van der Waals surface area contributed by atoms with Gasteiger partial charge in [-0.15, -0.1) is 0 Å². The molecule has 0 bridgehead atoms. The van der Waals surface area contributed by atoms with Crippen molar-refractivity contribution in [1.29, 1.82) is 0 Å².